The van der Waals surface area contributed by atoms with E-state index in [2.05, 4.69) is 12.2 Å². The van der Waals surface area contributed by atoms with Crippen molar-refractivity contribution in [1.29, 1.82) is 0 Å². The van der Waals surface area contributed by atoms with E-state index in [0.717, 1.165) is 25.4 Å². The Morgan fingerprint density at radius 1 is 1.12 bits per heavy atom. The predicted octanol–water partition coefficient (Wildman–Crippen LogP) is 2.96. The summed E-state index contributed by atoms with van der Waals surface area (Å²) in [6.45, 7) is 4.78. The van der Waals surface area contributed by atoms with Gasteiger partial charge in [-0.25, -0.2) is 0 Å². The number of aliphatic hydroxyl groups is 1. The van der Waals surface area contributed by atoms with E-state index in [0.29, 0.717) is 12.5 Å². The normalized spacial score (nSPS) is 20.6. The second-order valence-electron chi connectivity index (χ2n) is 5.23. The van der Waals surface area contributed by atoms with Crippen molar-refractivity contribution >= 4 is 0 Å². The van der Waals surface area contributed by atoms with E-state index in [1.54, 1.807) is 0 Å². The van der Waals surface area contributed by atoms with Gasteiger partial charge < -0.3 is 10.4 Å². The van der Waals surface area contributed by atoms with Crippen LogP contribution < -0.4 is 5.32 Å². The fourth-order valence-electron chi connectivity index (χ4n) is 2.85. The first-order chi connectivity index (χ1) is 7.88. The molecule has 1 fully saturated rings. The molecule has 0 aromatic rings. The summed E-state index contributed by atoms with van der Waals surface area (Å²) in [5, 5.41) is 12.9. The molecule has 16 heavy (non-hydrogen) atoms. The van der Waals surface area contributed by atoms with Crippen molar-refractivity contribution in [3.8, 4) is 0 Å². The zero-order valence-electron chi connectivity index (χ0n) is 10.9. The topological polar surface area (TPSA) is 32.3 Å². The molecule has 0 saturated heterocycles. The zero-order valence-corrected chi connectivity index (χ0v) is 10.9. The van der Waals surface area contributed by atoms with Crippen LogP contribution in [-0.2, 0) is 0 Å². The fraction of sp³-hybridized carbons (Fsp3) is 1.00. The predicted molar refractivity (Wildman–Crippen MR) is 69.5 cm³/mol. The molecular formula is C14H29NO. The molecule has 2 nitrogen and oxygen atoms in total. The van der Waals surface area contributed by atoms with E-state index in [1.807, 2.05) is 0 Å². The zero-order chi connectivity index (χ0) is 11.6. The summed E-state index contributed by atoms with van der Waals surface area (Å²) < 4.78 is 0. The highest BCUT2D eigenvalue weighted by Crippen LogP contribution is 2.30. The highest BCUT2D eigenvalue weighted by atomic mass is 16.3. The van der Waals surface area contributed by atoms with Gasteiger partial charge in [0.25, 0.3) is 0 Å². The van der Waals surface area contributed by atoms with Crippen molar-refractivity contribution in [3.05, 3.63) is 0 Å². The number of aliphatic hydroxyl groups excluding tert-OH is 1. The maximum atomic E-state index is 9.50. The lowest BCUT2D eigenvalue weighted by Crippen LogP contribution is -2.25. The average Bonchev–Trinajstić information content (AvgIpc) is 2.58. The van der Waals surface area contributed by atoms with Gasteiger partial charge in [0, 0.05) is 6.61 Å². The molecule has 1 unspecified atom stereocenters. The van der Waals surface area contributed by atoms with Crippen molar-refractivity contribution in [2.45, 2.75) is 58.3 Å². The van der Waals surface area contributed by atoms with Crippen molar-refractivity contribution in [2.75, 3.05) is 19.7 Å². The summed E-state index contributed by atoms with van der Waals surface area (Å²) in [6, 6.07) is 0. The molecule has 0 amide bonds. The van der Waals surface area contributed by atoms with Gasteiger partial charge >= 0.3 is 0 Å². The van der Waals surface area contributed by atoms with Gasteiger partial charge in [0.2, 0.25) is 0 Å². The summed E-state index contributed by atoms with van der Waals surface area (Å²) in [5.74, 6) is 1.33. The first-order valence-corrected chi connectivity index (χ1v) is 7.20. The van der Waals surface area contributed by atoms with Crippen molar-refractivity contribution in [3.63, 3.8) is 0 Å². The molecule has 1 rings (SSSR count). The largest absolute Gasteiger partial charge is 0.396 e. The van der Waals surface area contributed by atoms with Gasteiger partial charge in [-0.2, -0.15) is 0 Å². The van der Waals surface area contributed by atoms with E-state index in [-0.39, 0.29) is 0 Å². The molecule has 0 radical (unpaired) electrons. The van der Waals surface area contributed by atoms with Gasteiger partial charge in [-0.15, -0.1) is 0 Å². The van der Waals surface area contributed by atoms with E-state index in [9.17, 15) is 5.11 Å². The third-order valence-electron chi connectivity index (χ3n) is 3.92. The van der Waals surface area contributed by atoms with Crippen molar-refractivity contribution < 1.29 is 5.11 Å². The van der Waals surface area contributed by atoms with E-state index in [1.165, 1.54) is 44.9 Å². The minimum absolute atomic E-state index is 0.387. The molecule has 96 valence electrons. The van der Waals surface area contributed by atoms with Gasteiger partial charge in [0.1, 0.15) is 0 Å². The molecule has 0 aromatic heterocycles. The minimum atomic E-state index is 0.387. The van der Waals surface area contributed by atoms with Gasteiger partial charge in [-0.3, -0.25) is 0 Å². The van der Waals surface area contributed by atoms with Crippen LogP contribution in [0.2, 0.25) is 0 Å². The maximum absolute atomic E-state index is 9.50. The highest BCUT2D eigenvalue weighted by molar-refractivity contribution is 4.73. The van der Waals surface area contributed by atoms with Crippen LogP contribution >= 0.6 is 0 Å². The molecule has 1 atom stereocenters. The van der Waals surface area contributed by atoms with Crippen LogP contribution in [0, 0.1) is 11.8 Å². The monoisotopic (exact) mass is 227 g/mol. The number of hydrogen-bond acceptors (Lipinski definition) is 2. The van der Waals surface area contributed by atoms with Gasteiger partial charge in [-0.1, -0.05) is 45.4 Å². The van der Waals surface area contributed by atoms with Crippen molar-refractivity contribution in [2.24, 2.45) is 11.8 Å². The van der Waals surface area contributed by atoms with E-state index < -0.39 is 0 Å². The molecule has 0 aliphatic heterocycles. The summed E-state index contributed by atoms with van der Waals surface area (Å²) in [5.41, 5.74) is 0. The third kappa shape index (κ3) is 5.31. The smallest absolute Gasteiger partial charge is 0.0462 e. The van der Waals surface area contributed by atoms with E-state index >= 15 is 0 Å². The second kappa shape index (κ2) is 9.00. The molecule has 2 N–H and O–H groups in total. The lowest BCUT2D eigenvalue weighted by atomic mass is 9.84. The summed E-state index contributed by atoms with van der Waals surface area (Å²) in [7, 11) is 0. The number of hydrogen-bond donors (Lipinski definition) is 2. The van der Waals surface area contributed by atoms with Gasteiger partial charge in [0.05, 0.1) is 0 Å². The van der Waals surface area contributed by atoms with Gasteiger partial charge in [0.15, 0.2) is 0 Å². The first-order valence-electron chi connectivity index (χ1n) is 7.20. The molecule has 2 heteroatoms. The average molecular weight is 227 g/mol. The van der Waals surface area contributed by atoms with Gasteiger partial charge in [-0.05, 0) is 37.8 Å². The maximum Gasteiger partial charge on any atom is 0.0462 e. The van der Waals surface area contributed by atoms with Crippen LogP contribution in [0.4, 0.5) is 0 Å². The Morgan fingerprint density at radius 3 is 2.38 bits per heavy atom. The fourth-order valence-corrected chi connectivity index (χ4v) is 2.85. The Morgan fingerprint density at radius 2 is 1.81 bits per heavy atom. The van der Waals surface area contributed by atoms with Crippen LogP contribution in [-0.4, -0.2) is 24.8 Å². The van der Waals surface area contributed by atoms with Crippen LogP contribution in [0.15, 0.2) is 0 Å². The van der Waals surface area contributed by atoms with Crippen LogP contribution in [0.3, 0.4) is 0 Å². The SMILES string of the molecule is CCCNCCC(CO)C1CCCCCC1. The quantitative estimate of drug-likeness (QED) is 0.518. The lowest BCUT2D eigenvalue weighted by molar-refractivity contribution is 0.155. The highest BCUT2D eigenvalue weighted by Gasteiger charge is 2.21. The Bertz CT molecular complexity index is 153. The van der Waals surface area contributed by atoms with Crippen molar-refractivity contribution in [1.82, 2.24) is 5.32 Å². The molecule has 0 heterocycles. The number of nitrogens with one attached hydrogen (secondary N) is 1. The number of rotatable bonds is 7. The molecular weight excluding hydrogens is 198 g/mol. The summed E-state index contributed by atoms with van der Waals surface area (Å²) in [4.78, 5) is 0. The van der Waals surface area contributed by atoms with Crippen LogP contribution in [0.1, 0.15) is 58.3 Å². The standard InChI is InChI=1S/C14H29NO/c1-2-10-15-11-9-14(12-16)13-7-5-3-4-6-8-13/h13-16H,2-12H2,1H3. The van der Waals surface area contributed by atoms with Crippen LogP contribution in [0.5, 0.6) is 0 Å². The lowest BCUT2D eigenvalue weighted by Gasteiger charge is -2.24. The summed E-state index contributed by atoms with van der Waals surface area (Å²) in [6.07, 6.45) is 10.6. The Labute approximate surface area is 101 Å². The molecule has 0 bridgehead atoms. The Balaban J connectivity index is 2.22. The van der Waals surface area contributed by atoms with Crippen LogP contribution in [0.25, 0.3) is 0 Å². The molecule has 1 aliphatic rings. The summed E-state index contributed by atoms with van der Waals surface area (Å²) >= 11 is 0. The molecule has 1 aliphatic carbocycles. The van der Waals surface area contributed by atoms with E-state index in [4.69, 9.17) is 0 Å². The minimum Gasteiger partial charge on any atom is -0.396 e. The molecule has 1 saturated carbocycles. The Hall–Kier alpha value is -0.0800. The third-order valence-corrected chi connectivity index (χ3v) is 3.92. The molecule has 0 aromatic carbocycles. The second-order valence-corrected chi connectivity index (χ2v) is 5.23. The Kier molecular flexibility index (Phi) is 7.87. The molecule has 0 spiro atoms. The first kappa shape index (κ1) is 14.0.